The van der Waals surface area contributed by atoms with Crippen LogP contribution < -0.4 is 5.73 Å². The highest BCUT2D eigenvalue weighted by Gasteiger charge is 2.52. The molecule has 2 fully saturated rings. The molecule has 3 rings (SSSR count). The molecule has 342 valence electrons. The second-order valence-electron chi connectivity index (χ2n) is 17.3. The smallest absolute Gasteiger partial charge is 0.404 e. The minimum Gasteiger partial charge on any atom is -0.490 e. The molecule has 0 aromatic carbocycles. The first-order valence-corrected chi connectivity index (χ1v) is 21.3. The zero-order valence-corrected chi connectivity index (χ0v) is 37.2. The summed E-state index contributed by atoms with van der Waals surface area (Å²) in [6.45, 7) is 17.8. The molecule has 0 aromatic heterocycles. The maximum atomic E-state index is 13.8. The van der Waals surface area contributed by atoms with Crippen LogP contribution in [0.2, 0.25) is 0 Å². The number of amides is 1. The van der Waals surface area contributed by atoms with Crippen LogP contribution in [0.15, 0.2) is 59.4 Å². The Hall–Kier alpha value is -3.12. The third-order valence-corrected chi connectivity index (χ3v) is 12.5. The second-order valence-corrected chi connectivity index (χ2v) is 17.3. The number of carbonyl (C=O) groups is 2. The fourth-order valence-corrected chi connectivity index (χ4v) is 8.75. The number of methoxy groups -OCH3 is 1. The lowest BCUT2D eigenvalue weighted by atomic mass is 9.77. The van der Waals surface area contributed by atoms with E-state index in [-0.39, 0.29) is 36.4 Å². The van der Waals surface area contributed by atoms with Crippen molar-refractivity contribution in [1.29, 1.82) is 0 Å². The summed E-state index contributed by atoms with van der Waals surface area (Å²) < 4.78 is 35.1. The molecule has 3 heterocycles. The topological polar surface area (TPSA) is 237 Å². The number of allylic oxidation sites excluding steroid dienone is 6. The number of carbonyl (C=O) groups excluding carboxylic acids is 2. The third-order valence-electron chi connectivity index (χ3n) is 12.5. The van der Waals surface area contributed by atoms with Crippen molar-refractivity contribution < 1.29 is 68.6 Å². The second kappa shape index (κ2) is 22.8. The maximum Gasteiger partial charge on any atom is 0.404 e. The van der Waals surface area contributed by atoms with E-state index in [0.29, 0.717) is 18.4 Å². The van der Waals surface area contributed by atoms with E-state index in [0.717, 1.165) is 5.57 Å². The van der Waals surface area contributed by atoms with Crippen LogP contribution >= 0.6 is 0 Å². The van der Waals surface area contributed by atoms with Crippen LogP contribution in [0.1, 0.15) is 94.9 Å². The maximum absolute atomic E-state index is 13.8. The van der Waals surface area contributed by atoms with Crippen LogP contribution in [0.4, 0.5) is 4.79 Å². The van der Waals surface area contributed by atoms with Crippen molar-refractivity contribution in [2.24, 2.45) is 41.2 Å². The Morgan fingerprint density at radius 2 is 1.77 bits per heavy atom. The number of hydrogen-bond donors (Lipinski definition) is 7. The molecule has 0 aliphatic carbocycles. The highest BCUT2D eigenvalue weighted by atomic mass is 16.7. The largest absolute Gasteiger partial charge is 0.490 e. The molecule has 8 N–H and O–H groups in total. The molecule has 18 atom stereocenters. The average molecular weight is 852 g/mol. The first-order chi connectivity index (χ1) is 28.1. The molecule has 2 saturated heterocycles. The van der Waals surface area contributed by atoms with Crippen molar-refractivity contribution in [3.63, 3.8) is 0 Å². The van der Waals surface area contributed by atoms with Crippen molar-refractivity contribution in [3.8, 4) is 0 Å². The van der Waals surface area contributed by atoms with Gasteiger partial charge < -0.3 is 64.8 Å². The number of ether oxygens (including phenoxy) is 6. The number of nitrogens with two attached hydrogens (primary N) is 1. The van der Waals surface area contributed by atoms with Gasteiger partial charge >= 0.3 is 12.1 Å². The molecule has 60 heavy (non-hydrogen) atoms. The van der Waals surface area contributed by atoms with E-state index in [2.05, 4.69) is 0 Å². The minimum absolute atomic E-state index is 0.0457. The van der Waals surface area contributed by atoms with Crippen molar-refractivity contribution in [2.45, 2.75) is 168 Å². The molecule has 0 radical (unpaired) electrons. The van der Waals surface area contributed by atoms with Crippen LogP contribution in [0.5, 0.6) is 0 Å². The monoisotopic (exact) mass is 852 g/mol. The van der Waals surface area contributed by atoms with Crippen molar-refractivity contribution in [1.82, 2.24) is 0 Å². The zero-order chi connectivity index (χ0) is 45.2. The first-order valence-electron chi connectivity index (χ1n) is 21.3. The van der Waals surface area contributed by atoms with Gasteiger partial charge in [0.25, 0.3) is 0 Å². The van der Waals surface area contributed by atoms with Gasteiger partial charge in [0.15, 0.2) is 18.2 Å². The molecule has 3 aliphatic heterocycles. The van der Waals surface area contributed by atoms with Gasteiger partial charge in [-0.15, -0.1) is 0 Å². The normalized spacial score (nSPS) is 42.7. The fraction of sp³-hybridized carbons (Fsp3) is 0.733. The van der Waals surface area contributed by atoms with E-state index in [4.69, 9.17) is 34.2 Å². The SMILES string of the molecule is C/C=C/[C@H]1O[C@@](O)([C@@H](C)[C@H](O)[C@H](C)[C@H]2OC(=O)/C(OC)=C/C(C)=C/[C@@H](C)[C@@H](O)[C@@H](CC)[C@@H](O)[C@H](C)C/C(C)=C/C=C/[C@@H]2O)C[C@@H](O[C@@H]2C[C@H](O)[C@@H](OC(N)=O)[C@H](C)O2)[C@@H]1C. The Balaban J connectivity index is 1.97. The van der Waals surface area contributed by atoms with Gasteiger partial charge in [0.1, 0.15) is 12.2 Å². The van der Waals surface area contributed by atoms with E-state index in [9.17, 15) is 40.2 Å². The summed E-state index contributed by atoms with van der Waals surface area (Å²) in [5.41, 5.74) is 6.67. The first kappa shape index (κ1) is 51.2. The average Bonchev–Trinajstić information content (AvgIpc) is 3.17. The molecule has 3 aliphatic rings. The summed E-state index contributed by atoms with van der Waals surface area (Å²) >= 11 is 0. The highest BCUT2D eigenvalue weighted by molar-refractivity contribution is 5.87. The van der Waals surface area contributed by atoms with Crippen molar-refractivity contribution in [2.75, 3.05) is 7.11 Å². The van der Waals surface area contributed by atoms with E-state index >= 15 is 0 Å². The van der Waals surface area contributed by atoms with Crippen LogP contribution in [0, 0.1) is 35.5 Å². The Morgan fingerprint density at radius 1 is 1.10 bits per heavy atom. The Kier molecular flexibility index (Phi) is 19.5. The summed E-state index contributed by atoms with van der Waals surface area (Å²) in [5, 5.41) is 69.3. The van der Waals surface area contributed by atoms with Crippen LogP contribution in [0.25, 0.3) is 0 Å². The van der Waals surface area contributed by atoms with Crippen molar-refractivity contribution in [3.05, 3.63) is 59.4 Å². The highest BCUT2D eigenvalue weighted by Crippen LogP contribution is 2.42. The van der Waals surface area contributed by atoms with Gasteiger partial charge in [-0.25, -0.2) is 9.59 Å². The molecule has 1 amide bonds. The number of primary amides is 1. The van der Waals surface area contributed by atoms with Gasteiger partial charge in [-0.05, 0) is 52.5 Å². The number of esters is 1. The quantitative estimate of drug-likeness (QED) is 0.120. The van der Waals surface area contributed by atoms with Gasteiger partial charge in [-0.3, -0.25) is 0 Å². The predicted molar refractivity (Wildman–Crippen MR) is 223 cm³/mol. The predicted octanol–water partition coefficient (Wildman–Crippen LogP) is 4.33. The number of aliphatic hydroxyl groups excluding tert-OH is 5. The molecule has 0 spiro atoms. The van der Waals surface area contributed by atoms with Gasteiger partial charge in [-0.1, -0.05) is 89.1 Å². The molecular weight excluding hydrogens is 778 g/mol. The van der Waals surface area contributed by atoms with Gasteiger partial charge in [-0.2, -0.15) is 0 Å². The lowest BCUT2D eigenvalue weighted by molar-refractivity contribution is -0.338. The third kappa shape index (κ3) is 13.2. The summed E-state index contributed by atoms with van der Waals surface area (Å²) in [4.78, 5) is 25.2. The van der Waals surface area contributed by atoms with Crippen LogP contribution in [-0.4, -0.2) is 123 Å². The molecule has 0 aromatic rings. The number of hydrogen-bond acceptors (Lipinski definition) is 14. The number of aliphatic hydroxyl groups is 6. The Labute approximate surface area is 355 Å². The van der Waals surface area contributed by atoms with Gasteiger partial charge in [0.2, 0.25) is 5.76 Å². The van der Waals surface area contributed by atoms with Gasteiger partial charge in [0.05, 0.1) is 49.8 Å². The summed E-state index contributed by atoms with van der Waals surface area (Å²) in [5.74, 6) is -6.46. The number of rotatable bonds is 10. The van der Waals surface area contributed by atoms with E-state index < -0.39 is 103 Å². The lowest BCUT2D eigenvalue weighted by Crippen LogP contribution is -2.59. The van der Waals surface area contributed by atoms with E-state index in [1.807, 2.05) is 34.6 Å². The molecule has 0 saturated carbocycles. The Morgan fingerprint density at radius 3 is 2.35 bits per heavy atom. The molecular formula is C45H73NO14. The van der Waals surface area contributed by atoms with Crippen molar-refractivity contribution >= 4 is 12.1 Å². The van der Waals surface area contributed by atoms with Gasteiger partial charge in [0, 0.05) is 42.4 Å². The molecule has 15 heteroatoms. The minimum atomic E-state index is -2.01. The summed E-state index contributed by atoms with van der Waals surface area (Å²) in [6.07, 6.45) is 0.414. The molecule has 15 nitrogen and oxygen atoms in total. The molecule has 0 bridgehead atoms. The fourth-order valence-electron chi connectivity index (χ4n) is 8.75. The standard InChI is InChI=1S/C45H73NO14/c1-12-15-34-27(7)36(57-37-21-33(48)42(30(10)56-37)59-44(46)53)22-45(54,60-34)29(9)40(51)28(8)41-32(47)17-14-16-23(3)18-25(5)38(49)31(13-2)39(50)26(6)19-24(4)20-35(55-11)43(52)58-41/h12,14-17,19-20,25-34,36-42,47-51,54H,13,18,21-22H2,1-11H3,(H2,46,53)/b15-12+,17-14+,23-16+,24-19+,35-20-/t25-,26-,27-,28+,29+,30+,31+,32+,33+,34-,36-,37-,38+,39-,40-,41-,42+,45-/m1/s1. The zero-order valence-electron chi connectivity index (χ0n) is 37.2. The lowest BCUT2D eigenvalue weighted by Gasteiger charge is -2.49. The van der Waals surface area contributed by atoms with E-state index in [1.165, 1.54) is 19.3 Å². The van der Waals surface area contributed by atoms with E-state index in [1.54, 1.807) is 65.0 Å². The molecule has 0 unspecified atom stereocenters. The number of cyclic esters (lactones) is 1. The summed E-state index contributed by atoms with van der Waals surface area (Å²) in [7, 11) is 1.30. The van der Waals surface area contributed by atoms with Crippen LogP contribution in [-0.2, 0) is 33.2 Å². The Bertz CT molecular complexity index is 1550. The summed E-state index contributed by atoms with van der Waals surface area (Å²) in [6, 6.07) is 0. The van der Waals surface area contributed by atoms with Crippen LogP contribution in [0.3, 0.4) is 0 Å².